The number of benzene rings is 1. The van der Waals surface area contributed by atoms with E-state index in [1.165, 1.54) is 5.54 Å². The van der Waals surface area contributed by atoms with Crippen molar-refractivity contribution >= 4 is 27.5 Å². The molecule has 0 aromatic heterocycles. The molecule has 0 radical (unpaired) electrons. The predicted octanol–water partition coefficient (Wildman–Crippen LogP) is 4.87. The molecule has 0 saturated carbocycles. The summed E-state index contributed by atoms with van der Waals surface area (Å²) in [4.78, 5) is 0. The Morgan fingerprint density at radius 2 is 2.10 bits per heavy atom. The van der Waals surface area contributed by atoms with Gasteiger partial charge in [0.15, 0.2) is 11.5 Å². The van der Waals surface area contributed by atoms with Gasteiger partial charge in [-0.1, -0.05) is 18.5 Å². The summed E-state index contributed by atoms with van der Waals surface area (Å²) in [5.74, 6) is 1.47. The molecule has 0 unspecified atom stereocenters. The topological polar surface area (TPSA) is 30.5 Å². The van der Waals surface area contributed by atoms with E-state index in [2.05, 4.69) is 34.2 Å². The van der Waals surface area contributed by atoms with Crippen LogP contribution in [0.25, 0.3) is 0 Å². The van der Waals surface area contributed by atoms with Gasteiger partial charge in [-0.3, -0.25) is 0 Å². The van der Waals surface area contributed by atoms with Crippen molar-refractivity contribution < 1.29 is 9.47 Å². The molecule has 118 valence electrons. The van der Waals surface area contributed by atoms with Crippen LogP contribution in [0.1, 0.15) is 32.8 Å². The molecule has 0 amide bonds. The fourth-order valence-electron chi connectivity index (χ4n) is 1.75. The first kappa shape index (κ1) is 18.3. The molecule has 0 saturated heterocycles. The van der Waals surface area contributed by atoms with Crippen molar-refractivity contribution in [3.8, 4) is 11.5 Å². The quantitative estimate of drug-likeness (QED) is 0.624. The smallest absolute Gasteiger partial charge is 0.175 e. The molecule has 1 rings (SSSR count). The summed E-state index contributed by atoms with van der Waals surface area (Å²) in [6.45, 7) is 8.88. The van der Waals surface area contributed by atoms with Gasteiger partial charge in [0.1, 0.15) is 6.61 Å². The first-order valence-electron chi connectivity index (χ1n) is 7.16. The lowest BCUT2D eigenvalue weighted by Gasteiger charge is -2.16. The van der Waals surface area contributed by atoms with E-state index in [0.29, 0.717) is 19.0 Å². The third-order valence-electron chi connectivity index (χ3n) is 2.76. The molecule has 0 fully saturated rings. The van der Waals surface area contributed by atoms with Gasteiger partial charge in [-0.15, -0.1) is 0 Å². The molecule has 1 aromatic carbocycles. The van der Waals surface area contributed by atoms with Gasteiger partial charge in [0.2, 0.25) is 0 Å². The molecule has 0 spiro atoms. The molecule has 0 aliphatic rings. The Morgan fingerprint density at radius 3 is 2.71 bits per heavy atom. The van der Waals surface area contributed by atoms with Crippen molar-refractivity contribution in [1.82, 2.24) is 5.32 Å². The normalized spacial score (nSPS) is 11.6. The van der Waals surface area contributed by atoms with E-state index in [9.17, 15) is 0 Å². The number of halogens is 2. The lowest BCUT2D eigenvalue weighted by atomic mass is 10.2. The average Bonchev–Trinajstić information content (AvgIpc) is 2.46. The molecule has 0 aliphatic carbocycles. The van der Waals surface area contributed by atoms with Crippen LogP contribution in [0.2, 0.25) is 0 Å². The van der Waals surface area contributed by atoms with Crippen molar-refractivity contribution in [2.75, 3.05) is 19.8 Å². The van der Waals surface area contributed by atoms with Crippen LogP contribution in [0.5, 0.6) is 11.5 Å². The van der Waals surface area contributed by atoms with Crippen molar-refractivity contribution in [2.45, 2.75) is 33.7 Å². The Balaban J connectivity index is 2.90. The highest BCUT2D eigenvalue weighted by atomic mass is 79.9. The minimum Gasteiger partial charge on any atom is -0.490 e. The fourth-order valence-corrected chi connectivity index (χ4v) is 2.42. The summed E-state index contributed by atoms with van der Waals surface area (Å²) in [7, 11) is 0. The van der Waals surface area contributed by atoms with E-state index in [1.807, 2.05) is 19.9 Å². The number of hydrogen-bond donors (Lipinski definition) is 1. The van der Waals surface area contributed by atoms with Crippen LogP contribution in [-0.4, -0.2) is 19.8 Å². The van der Waals surface area contributed by atoms with Crippen LogP contribution in [0.4, 0.5) is 0 Å². The van der Waals surface area contributed by atoms with Gasteiger partial charge in [0, 0.05) is 12.1 Å². The largest absolute Gasteiger partial charge is 0.490 e. The number of hydrogen-bond acceptors (Lipinski definition) is 3. The molecule has 3 nitrogen and oxygen atoms in total. The van der Waals surface area contributed by atoms with Crippen molar-refractivity contribution in [1.29, 1.82) is 0 Å². The van der Waals surface area contributed by atoms with Crippen LogP contribution in [0.15, 0.2) is 27.7 Å². The highest BCUT2D eigenvalue weighted by Crippen LogP contribution is 2.37. The number of rotatable bonds is 9. The zero-order valence-corrected chi connectivity index (χ0v) is 15.2. The molecular formula is C16H23BrClNO2. The van der Waals surface area contributed by atoms with Crippen LogP contribution < -0.4 is 14.8 Å². The highest BCUT2D eigenvalue weighted by Gasteiger charge is 2.12. The third kappa shape index (κ3) is 6.29. The maximum atomic E-state index is 5.81. The Labute approximate surface area is 140 Å². The summed E-state index contributed by atoms with van der Waals surface area (Å²) >= 11 is 9.23. The third-order valence-corrected chi connectivity index (χ3v) is 3.72. The van der Waals surface area contributed by atoms with Gasteiger partial charge < -0.3 is 14.8 Å². The summed E-state index contributed by atoms with van der Waals surface area (Å²) in [5, 5.41) is 3.38. The summed E-state index contributed by atoms with van der Waals surface area (Å²) in [5.41, 5.74) is 3.65. The van der Waals surface area contributed by atoms with Crippen molar-refractivity contribution in [2.24, 2.45) is 0 Å². The standard InChI is InChI=1S/C16H23BrClNO2/c1-4-6-19-10-13-7-14(17)16(15(8-13)20-5-2)21-11-12(3)9-18/h7-9,19H,4-6,10-11H2,1-3H3/b12-9+. The summed E-state index contributed by atoms with van der Waals surface area (Å²) in [6, 6.07) is 4.08. The monoisotopic (exact) mass is 375 g/mol. The van der Waals surface area contributed by atoms with Crippen molar-refractivity contribution in [3.05, 3.63) is 33.3 Å². The summed E-state index contributed by atoms with van der Waals surface area (Å²) < 4.78 is 12.4. The highest BCUT2D eigenvalue weighted by molar-refractivity contribution is 9.10. The van der Waals surface area contributed by atoms with E-state index in [4.69, 9.17) is 21.1 Å². The molecule has 0 bridgehead atoms. The molecule has 5 heteroatoms. The molecule has 1 N–H and O–H groups in total. The maximum Gasteiger partial charge on any atom is 0.175 e. The Morgan fingerprint density at radius 1 is 1.33 bits per heavy atom. The van der Waals surface area contributed by atoms with E-state index in [1.54, 1.807) is 0 Å². The second-order valence-corrected chi connectivity index (χ2v) is 5.83. The van der Waals surface area contributed by atoms with Gasteiger partial charge in [-0.2, -0.15) is 0 Å². The fraction of sp³-hybridized carbons (Fsp3) is 0.500. The zero-order valence-electron chi connectivity index (χ0n) is 12.8. The lowest BCUT2D eigenvalue weighted by molar-refractivity contribution is 0.291. The van der Waals surface area contributed by atoms with Crippen LogP contribution in [0, 0.1) is 0 Å². The van der Waals surface area contributed by atoms with Crippen LogP contribution in [0.3, 0.4) is 0 Å². The van der Waals surface area contributed by atoms with E-state index >= 15 is 0 Å². The van der Waals surface area contributed by atoms with E-state index in [-0.39, 0.29) is 0 Å². The Hall–Kier alpha value is -0.710. The summed E-state index contributed by atoms with van der Waals surface area (Å²) in [6.07, 6.45) is 1.12. The van der Waals surface area contributed by atoms with E-state index < -0.39 is 0 Å². The van der Waals surface area contributed by atoms with Gasteiger partial charge in [0.05, 0.1) is 11.1 Å². The van der Waals surface area contributed by atoms with Crippen molar-refractivity contribution in [3.63, 3.8) is 0 Å². The van der Waals surface area contributed by atoms with Crippen LogP contribution in [-0.2, 0) is 6.54 Å². The molecular weight excluding hydrogens is 354 g/mol. The number of ether oxygens (including phenoxy) is 2. The first-order valence-corrected chi connectivity index (χ1v) is 8.39. The number of nitrogens with one attached hydrogen (secondary N) is 1. The lowest BCUT2D eigenvalue weighted by Crippen LogP contribution is -2.14. The molecule has 21 heavy (non-hydrogen) atoms. The van der Waals surface area contributed by atoms with Gasteiger partial charge in [-0.25, -0.2) is 0 Å². The maximum absolute atomic E-state index is 5.81. The molecule has 0 atom stereocenters. The SMILES string of the molecule is CCCNCc1cc(Br)c(OC/C(C)=C/Cl)c(OCC)c1. The van der Waals surface area contributed by atoms with Gasteiger partial charge >= 0.3 is 0 Å². The molecule has 1 aromatic rings. The Kier molecular flexibility index (Phi) is 8.81. The second kappa shape index (κ2) is 10.1. The van der Waals surface area contributed by atoms with Crippen LogP contribution >= 0.6 is 27.5 Å². The zero-order chi connectivity index (χ0) is 15.7. The Bertz CT molecular complexity index is 478. The predicted molar refractivity (Wildman–Crippen MR) is 92.4 cm³/mol. The average molecular weight is 377 g/mol. The minimum atomic E-state index is 0.440. The van der Waals surface area contributed by atoms with Gasteiger partial charge in [0.25, 0.3) is 0 Å². The van der Waals surface area contributed by atoms with Gasteiger partial charge in [-0.05, 0) is 66.0 Å². The molecule has 0 aliphatic heterocycles. The first-order chi connectivity index (χ1) is 10.1. The second-order valence-electron chi connectivity index (χ2n) is 4.76. The molecule has 0 heterocycles. The minimum absolute atomic E-state index is 0.440. The van der Waals surface area contributed by atoms with E-state index in [0.717, 1.165) is 40.9 Å².